The minimum absolute atomic E-state index is 0.0280. The number of benzene rings is 2. The molecule has 4 rings (SSSR count). The predicted octanol–water partition coefficient (Wildman–Crippen LogP) is 4.76. The zero-order chi connectivity index (χ0) is 22.0. The number of nitrogens with zero attached hydrogens (tertiary/aromatic N) is 1. The molecule has 31 heavy (non-hydrogen) atoms. The average Bonchev–Trinajstić information content (AvgIpc) is 2.77. The number of ether oxygens (including phenoxy) is 2. The molecule has 0 saturated heterocycles. The molecule has 1 heterocycles. The molecule has 0 bridgehead atoms. The minimum atomic E-state index is -0.777. The topological polar surface area (TPSA) is 65.0 Å². The molecule has 2 atom stereocenters. The number of allylic oxidation sites excluding steroid dienone is 2. The summed E-state index contributed by atoms with van der Waals surface area (Å²) in [5.41, 5.74) is 3.22. The summed E-state index contributed by atoms with van der Waals surface area (Å²) in [6.45, 7) is 1.86. The quantitative estimate of drug-likeness (QED) is 0.653. The molecule has 1 unspecified atom stereocenters. The van der Waals surface area contributed by atoms with Crippen LogP contribution < -0.4 is 4.74 Å². The number of hydrogen-bond donors (Lipinski definition) is 0. The van der Waals surface area contributed by atoms with Crippen LogP contribution in [0, 0.1) is 11.7 Å². The van der Waals surface area contributed by atoms with Crippen LogP contribution in [0.2, 0.25) is 0 Å². The van der Waals surface area contributed by atoms with Crippen LogP contribution in [0.3, 0.4) is 0 Å². The molecule has 0 amide bonds. The van der Waals surface area contributed by atoms with Crippen molar-refractivity contribution in [2.75, 3.05) is 7.11 Å². The number of ketones is 1. The third-order valence-corrected chi connectivity index (χ3v) is 5.84. The number of rotatable bonds is 5. The lowest BCUT2D eigenvalue weighted by molar-refractivity contribution is -0.148. The van der Waals surface area contributed by atoms with Crippen LogP contribution in [0.15, 0.2) is 64.8 Å². The number of carbonyl (C=O) groups excluding carboxylic acids is 2. The van der Waals surface area contributed by atoms with Gasteiger partial charge in [-0.15, -0.1) is 0 Å². The van der Waals surface area contributed by atoms with E-state index in [1.807, 2.05) is 12.1 Å². The lowest BCUT2D eigenvalue weighted by atomic mass is 9.72. The van der Waals surface area contributed by atoms with E-state index in [-0.39, 0.29) is 12.4 Å². The van der Waals surface area contributed by atoms with Crippen molar-refractivity contribution in [3.63, 3.8) is 0 Å². The van der Waals surface area contributed by atoms with Gasteiger partial charge in [-0.25, -0.2) is 4.39 Å². The number of carbonyl (C=O) groups is 2. The Morgan fingerprint density at radius 2 is 1.94 bits per heavy atom. The van der Waals surface area contributed by atoms with Gasteiger partial charge in [0, 0.05) is 29.3 Å². The summed E-state index contributed by atoms with van der Waals surface area (Å²) in [5, 5.41) is 0. The second-order valence-corrected chi connectivity index (χ2v) is 7.86. The second kappa shape index (κ2) is 8.84. The van der Waals surface area contributed by atoms with Crippen LogP contribution in [0.1, 0.15) is 43.2 Å². The Morgan fingerprint density at radius 3 is 2.65 bits per heavy atom. The van der Waals surface area contributed by atoms with Crippen LogP contribution in [-0.2, 0) is 20.9 Å². The van der Waals surface area contributed by atoms with E-state index >= 15 is 0 Å². The van der Waals surface area contributed by atoms with E-state index in [0.717, 1.165) is 12.0 Å². The number of aliphatic imine (C=N–C) groups is 1. The Bertz CT molecular complexity index is 1070. The van der Waals surface area contributed by atoms with E-state index in [9.17, 15) is 14.0 Å². The highest BCUT2D eigenvalue weighted by Crippen LogP contribution is 2.43. The first-order chi connectivity index (χ1) is 15.0. The highest BCUT2D eigenvalue weighted by Gasteiger charge is 2.43. The molecule has 0 saturated carbocycles. The van der Waals surface area contributed by atoms with Gasteiger partial charge in [0.25, 0.3) is 0 Å². The van der Waals surface area contributed by atoms with Crippen molar-refractivity contribution in [3.05, 3.63) is 76.7 Å². The molecule has 1 aliphatic carbocycles. The molecule has 1 aliphatic heterocycles. The lowest BCUT2D eigenvalue weighted by Gasteiger charge is -2.34. The van der Waals surface area contributed by atoms with E-state index in [0.29, 0.717) is 41.1 Å². The van der Waals surface area contributed by atoms with Gasteiger partial charge in [0.2, 0.25) is 0 Å². The van der Waals surface area contributed by atoms with E-state index in [2.05, 4.69) is 4.99 Å². The van der Waals surface area contributed by atoms with Gasteiger partial charge >= 0.3 is 5.97 Å². The monoisotopic (exact) mass is 421 g/mol. The van der Waals surface area contributed by atoms with Crippen LogP contribution in [-0.4, -0.2) is 24.6 Å². The maximum atomic E-state index is 14.0. The molecular weight excluding hydrogens is 397 g/mol. The highest BCUT2D eigenvalue weighted by molar-refractivity contribution is 6.08. The summed E-state index contributed by atoms with van der Waals surface area (Å²) < 4.78 is 24.8. The van der Waals surface area contributed by atoms with Gasteiger partial charge in [-0.3, -0.25) is 14.6 Å². The molecule has 2 aliphatic rings. The van der Waals surface area contributed by atoms with Gasteiger partial charge in [-0.1, -0.05) is 24.3 Å². The fourth-order valence-corrected chi connectivity index (χ4v) is 4.34. The summed E-state index contributed by atoms with van der Waals surface area (Å²) in [6.07, 6.45) is 1.82. The van der Waals surface area contributed by atoms with Crippen molar-refractivity contribution >= 4 is 17.5 Å². The SMILES string of the molecule is COc1ccc(COC(=O)C2C(C)=NC3=C(C(=O)CCC3)[C@@H]2c2cccc(F)c2)cc1. The first-order valence-corrected chi connectivity index (χ1v) is 10.3. The Hall–Kier alpha value is -3.28. The Balaban J connectivity index is 1.65. The molecule has 0 spiro atoms. The van der Waals surface area contributed by atoms with Crippen LogP contribution in [0.4, 0.5) is 4.39 Å². The summed E-state index contributed by atoms with van der Waals surface area (Å²) in [7, 11) is 1.59. The van der Waals surface area contributed by atoms with E-state index in [1.165, 1.54) is 12.1 Å². The number of esters is 1. The summed E-state index contributed by atoms with van der Waals surface area (Å²) in [5.74, 6) is -1.57. The number of methoxy groups -OCH3 is 1. The van der Waals surface area contributed by atoms with Gasteiger partial charge in [0.05, 0.1) is 7.11 Å². The zero-order valence-corrected chi connectivity index (χ0v) is 17.6. The zero-order valence-electron chi connectivity index (χ0n) is 17.6. The number of halogens is 1. The normalized spacial score (nSPS) is 20.7. The number of Topliss-reactive ketones (excluding diaryl/α,β-unsaturated/α-hetero) is 1. The van der Waals surface area contributed by atoms with Crippen molar-refractivity contribution < 1.29 is 23.5 Å². The van der Waals surface area contributed by atoms with Gasteiger partial charge in [-0.2, -0.15) is 0 Å². The van der Waals surface area contributed by atoms with Crippen molar-refractivity contribution in [1.29, 1.82) is 0 Å². The third-order valence-electron chi connectivity index (χ3n) is 5.84. The molecule has 0 fully saturated rings. The van der Waals surface area contributed by atoms with Crippen LogP contribution in [0.5, 0.6) is 5.75 Å². The smallest absolute Gasteiger partial charge is 0.315 e. The van der Waals surface area contributed by atoms with E-state index in [4.69, 9.17) is 9.47 Å². The molecule has 0 aromatic heterocycles. The molecule has 0 N–H and O–H groups in total. The average molecular weight is 421 g/mol. The fraction of sp³-hybridized carbons (Fsp3) is 0.320. The highest BCUT2D eigenvalue weighted by atomic mass is 19.1. The number of hydrogen-bond acceptors (Lipinski definition) is 5. The van der Waals surface area contributed by atoms with Crippen molar-refractivity contribution in [1.82, 2.24) is 0 Å². The standard InChI is InChI=1S/C25H24FNO4/c1-15-22(25(29)31-14-16-9-11-19(30-2)12-10-16)23(17-5-3-6-18(26)13-17)24-20(27-15)7-4-8-21(24)28/h3,5-6,9-13,22-23H,4,7-8,14H2,1-2H3/t22?,23-/m1/s1. The van der Waals surface area contributed by atoms with E-state index in [1.54, 1.807) is 38.3 Å². The maximum absolute atomic E-state index is 14.0. The maximum Gasteiger partial charge on any atom is 0.315 e. The predicted molar refractivity (Wildman–Crippen MR) is 114 cm³/mol. The van der Waals surface area contributed by atoms with E-state index < -0.39 is 23.6 Å². The van der Waals surface area contributed by atoms with Crippen molar-refractivity contribution in [3.8, 4) is 5.75 Å². The molecule has 160 valence electrons. The molecule has 0 radical (unpaired) electrons. The van der Waals surface area contributed by atoms with Gasteiger partial charge in [-0.05, 0) is 55.2 Å². The second-order valence-electron chi connectivity index (χ2n) is 7.86. The van der Waals surface area contributed by atoms with Crippen molar-refractivity contribution in [2.45, 2.75) is 38.7 Å². The minimum Gasteiger partial charge on any atom is -0.497 e. The lowest BCUT2D eigenvalue weighted by Crippen LogP contribution is -2.37. The molecule has 5 nitrogen and oxygen atoms in total. The molecule has 2 aromatic rings. The fourth-order valence-electron chi connectivity index (χ4n) is 4.34. The molecule has 2 aromatic carbocycles. The summed E-state index contributed by atoms with van der Waals surface area (Å²) in [6, 6.07) is 13.3. The van der Waals surface area contributed by atoms with Crippen LogP contribution in [0.25, 0.3) is 0 Å². The van der Waals surface area contributed by atoms with Crippen LogP contribution >= 0.6 is 0 Å². The Labute approximate surface area is 180 Å². The van der Waals surface area contributed by atoms with Gasteiger partial charge < -0.3 is 9.47 Å². The van der Waals surface area contributed by atoms with Gasteiger partial charge in [0.1, 0.15) is 24.1 Å². The molecular formula is C25H24FNO4. The Kier molecular flexibility index (Phi) is 5.98. The van der Waals surface area contributed by atoms with Gasteiger partial charge in [0.15, 0.2) is 5.78 Å². The van der Waals surface area contributed by atoms with Crippen molar-refractivity contribution in [2.24, 2.45) is 10.9 Å². The third kappa shape index (κ3) is 4.29. The molecule has 6 heteroatoms. The largest absolute Gasteiger partial charge is 0.497 e. The first-order valence-electron chi connectivity index (χ1n) is 10.3. The Morgan fingerprint density at radius 1 is 1.16 bits per heavy atom. The summed E-state index contributed by atoms with van der Waals surface area (Å²) >= 11 is 0. The first kappa shape index (κ1) is 21.0. The summed E-state index contributed by atoms with van der Waals surface area (Å²) in [4.78, 5) is 30.6.